The third-order valence-electron chi connectivity index (χ3n) is 3.98. The topological polar surface area (TPSA) is 119 Å². The van der Waals surface area contributed by atoms with Gasteiger partial charge >= 0.3 is 129 Å². The fourth-order valence-electron chi connectivity index (χ4n) is 2.81. The molecule has 3 rings (SSSR count). The molecule has 21 heavy (non-hydrogen) atoms. The number of hydrogen-bond acceptors (Lipinski definition) is 7. The third-order valence-corrected chi connectivity index (χ3v) is 5.47. The summed E-state index contributed by atoms with van der Waals surface area (Å²) in [6.45, 7) is 1.70. The second kappa shape index (κ2) is 5.19. The first-order valence-electron chi connectivity index (χ1n) is 6.64. The van der Waals surface area contributed by atoms with Crippen molar-refractivity contribution in [2.75, 3.05) is 12.3 Å². The second-order valence-corrected chi connectivity index (χ2v) is 6.19. The molecule has 0 bridgehead atoms. The minimum absolute atomic E-state index is 0.249. The molecule has 0 amide bonds. The average molecular weight is 358 g/mol. The van der Waals surface area contributed by atoms with Crippen molar-refractivity contribution < 1.29 is 14.9 Å². The van der Waals surface area contributed by atoms with Gasteiger partial charge in [0.15, 0.2) is 0 Å². The molecule has 0 unspecified atom stereocenters. The van der Waals surface area contributed by atoms with E-state index >= 15 is 0 Å². The Morgan fingerprint density at radius 3 is 2.86 bits per heavy atom. The Kier molecular flexibility index (Phi) is 3.62. The van der Waals surface area contributed by atoms with Gasteiger partial charge in [0.05, 0.1) is 0 Å². The van der Waals surface area contributed by atoms with Gasteiger partial charge in [0.2, 0.25) is 0 Å². The van der Waals surface area contributed by atoms with Crippen LogP contribution in [0.15, 0.2) is 12.7 Å². The van der Waals surface area contributed by atoms with Crippen LogP contribution in [0.1, 0.15) is 13.3 Å². The molecule has 0 aromatic carbocycles. The van der Waals surface area contributed by atoms with E-state index in [1.807, 2.05) is 6.92 Å². The fraction of sp³-hybridized carbons (Fsp3) is 0.583. The number of nitrogens with zero attached hydrogens (tertiary/aromatic N) is 4. The molecule has 1 saturated heterocycles. The van der Waals surface area contributed by atoms with Crippen LogP contribution < -0.4 is 5.73 Å². The van der Waals surface area contributed by atoms with Crippen molar-refractivity contribution in [1.29, 1.82) is 0 Å². The summed E-state index contributed by atoms with van der Waals surface area (Å²) in [6, 6.07) is 0. The zero-order chi connectivity index (χ0) is 15.2. The van der Waals surface area contributed by atoms with Gasteiger partial charge in [-0.05, 0) is 0 Å². The van der Waals surface area contributed by atoms with E-state index in [0.717, 1.165) is 0 Å². The van der Waals surface area contributed by atoms with Gasteiger partial charge in [-0.3, -0.25) is 0 Å². The first-order chi connectivity index (χ1) is 10.0. The van der Waals surface area contributed by atoms with E-state index in [4.69, 9.17) is 10.5 Å². The molecule has 1 aliphatic rings. The summed E-state index contributed by atoms with van der Waals surface area (Å²) >= 11 is 2.42. The van der Waals surface area contributed by atoms with E-state index in [-0.39, 0.29) is 11.4 Å². The standard InChI is InChI=1S/C12H17N5O3Se/c1-2-12(9(21)8(19)6(3-18)20-12)17-5-16-7-10(13)14-4-15-11(7)17/h4-6,8-9,18-19,21H,2-3H2,1H3,(H2,13,14,15)/t6-,8-,9-,12-/m1/s1. The van der Waals surface area contributed by atoms with Crippen LogP contribution >= 0.6 is 0 Å². The van der Waals surface area contributed by atoms with Gasteiger partial charge in [-0.2, -0.15) is 0 Å². The molecular formula is C12H17N5O3Se. The first kappa shape index (κ1) is 14.7. The third kappa shape index (κ3) is 1.96. The number of rotatable bonds is 3. The first-order valence-corrected chi connectivity index (χ1v) is 7.72. The van der Waals surface area contributed by atoms with Gasteiger partial charge in [-0.25, -0.2) is 0 Å². The van der Waals surface area contributed by atoms with Crippen LogP contribution in [-0.4, -0.2) is 64.6 Å². The van der Waals surface area contributed by atoms with Crippen LogP contribution in [0.5, 0.6) is 0 Å². The van der Waals surface area contributed by atoms with Gasteiger partial charge in [-0.15, -0.1) is 0 Å². The quantitative estimate of drug-likeness (QED) is 0.597. The second-order valence-electron chi connectivity index (χ2n) is 5.02. The molecule has 4 N–H and O–H groups in total. The summed E-state index contributed by atoms with van der Waals surface area (Å²) in [5.41, 5.74) is 6.01. The molecule has 0 spiro atoms. The molecule has 1 aliphatic heterocycles. The van der Waals surface area contributed by atoms with Crippen LogP contribution in [-0.2, 0) is 10.5 Å². The van der Waals surface area contributed by atoms with Crippen LogP contribution in [0.3, 0.4) is 0 Å². The molecule has 0 saturated carbocycles. The number of aliphatic hydroxyl groups excluding tert-OH is 2. The number of anilines is 1. The maximum atomic E-state index is 10.3. The van der Waals surface area contributed by atoms with Crippen molar-refractivity contribution in [3.63, 3.8) is 0 Å². The van der Waals surface area contributed by atoms with Crippen molar-refractivity contribution in [1.82, 2.24) is 19.5 Å². The number of ether oxygens (including phenoxy) is 1. The van der Waals surface area contributed by atoms with Crippen LogP contribution in [0, 0.1) is 0 Å². The Balaban J connectivity index is 2.17. The molecular weight excluding hydrogens is 341 g/mol. The summed E-state index contributed by atoms with van der Waals surface area (Å²) in [4.78, 5) is 12.1. The number of nitrogens with two attached hydrogens (primary N) is 1. The SMILES string of the molecule is CC[C@@]1(n2cnc3c(N)ncnc32)O[C@H](CO)[C@@H](O)[C@H]1[SeH]. The van der Waals surface area contributed by atoms with Gasteiger partial charge in [0.25, 0.3) is 0 Å². The summed E-state index contributed by atoms with van der Waals surface area (Å²) in [7, 11) is 0. The number of imidazole rings is 1. The van der Waals surface area contributed by atoms with E-state index in [0.29, 0.717) is 23.4 Å². The minimum atomic E-state index is -0.845. The van der Waals surface area contributed by atoms with Crippen molar-refractivity contribution >= 4 is 33.0 Å². The number of hydrogen-bond donors (Lipinski definition) is 3. The fourth-order valence-corrected chi connectivity index (χ4v) is 3.98. The zero-order valence-corrected chi connectivity index (χ0v) is 13.3. The molecule has 9 heteroatoms. The van der Waals surface area contributed by atoms with Crippen LogP contribution in [0.4, 0.5) is 5.82 Å². The predicted octanol–water partition coefficient (Wildman–Crippen LogP) is -1.09. The molecule has 114 valence electrons. The van der Waals surface area contributed by atoms with E-state index in [1.165, 1.54) is 6.33 Å². The molecule has 0 radical (unpaired) electrons. The number of aromatic nitrogens is 4. The van der Waals surface area contributed by atoms with E-state index in [9.17, 15) is 10.2 Å². The zero-order valence-electron chi connectivity index (χ0n) is 11.4. The Morgan fingerprint density at radius 1 is 1.48 bits per heavy atom. The Hall–Kier alpha value is -1.25. The molecule has 3 heterocycles. The van der Waals surface area contributed by atoms with Gasteiger partial charge in [0, 0.05) is 0 Å². The number of nitrogen functional groups attached to an aromatic ring is 1. The van der Waals surface area contributed by atoms with Crippen LogP contribution in [0.25, 0.3) is 11.2 Å². The molecule has 0 aliphatic carbocycles. The summed E-state index contributed by atoms with van der Waals surface area (Å²) < 4.78 is 7.74. The van der Waals surface area contributed by atoms with E-state index in [1.54, 1.807) is 10.9 Å². The maximum absolute atomic E-state index is 10.3. The van der Waals surface area contributed by atoms with Crippen molar-refractivity contribution in [2.45, 2.75) is 36.1 Å². The van der Waals surface area contributed by atoms with Crippen molar-refractivity contribution in [3.8, 4) is 0 Å². The van der Waals surface area contributed by atoms with Crippen molar-refractivity contribution in [3.05, 3.63) is 12.7 Å². The van der Waals surface area contributed by atoms with Crippen molar-refractivity contribution in [2.24, 2.45) is 0 Å². The number of aliphatic hydroxyl groups is 2. The molecule has 2 aromatic rings. The molecule has 2 aromatic heterocycles. The van der Waals surface area contributed by atoms with E-state index in [2.05, 4.69) is 31.0 Å². The molecule has 8 nitrogen and oxygen atoms in total. The van der Waals surface area contributed by atoms with Gasteiger partial charge in [-0.1, -0.05) is 0 Å². The normalized spacial score (nSPS) is 32.9. The summed E-state index contributed by atoms with van der Waals surface area (Å²) in [6.07, 6.45) is 2.11. The number of fused-ring (bicyclic) bond motifs is 1. The predicted molar refractivity (Wildman–Crippen MR) is 76.9 cm³/mol. The monoisotopic (exact) mass is 359 g/mol. The Labute approximate surface area is 129 Å². The summed E-state index contributed by atoms with van der Waals surface area (Å²) in [5, 5.41) is 19.6. The van der Waals surface area contributed by atoms with Crippen LogP contribution in [0.2, 0.25) is 4.82 Å². The van der Waals surface area contributed by atoms with Gasteiger partial charge in [0.1, 0.15) is 0 Å². The Morgan fingerprint density at radius 2 is 2.24 bits per heavy atom. The molecule has 1 fully saturated rings. The average Bonchev–Trinajstić information content (AvgIpc) is 3.03. The molecule has 4 atom stereocenters. The van der Waals surface area contributed by atoms with Gasteiger partial charge < -0.3 is 0 Å². The Bertz CT molecular complexity index is 665. The van der Waals surface area contributed by atoms with E-state index < -0.39 is 17.9 Å². The summed E-state index contributed by atoms with van der Waals surface area (Å²) in [5.74, 6) is 0.296.